The van der Waals surface area contributed by atoms with Crippen LogP contribution in [0.3, 0.4) is 0 Å². The van der Waals surface area contributed by atoms with Crippen LogP contribution in [0.25, 0.3) is 0 Å². The van der Waals surface area contributed by atoms with E-state index >= 15 is 0 Å². The fourth-order valence-corrected chi connectivity index (χ4v) is 0. The zero-order chi connectivity index (χ0) is 3.58. The van der Waals surface area contributed by atoms with Crippen molar-refractivity contribution in [3.63, 3.8) is 0 Å². The van der Waals surface area contributed by atoms with Gasteiger partial charge in [-0.3, -0.25) is 0 Å². The molecule has 0 aliphatic heterocycles. The number of halogens is 1. The van der Waals surface area contributed by atoms with Crippen LogP contribution in [0.4, 0.5) is 0 Å². The van der Waals surface area contributed by atoms with Crippen molar-refractivity contribution in [2.75, 3.05) is 0 Å². The van der Waals surface area contributed by atoms with E-state index in [-0.39, 0.29) is 16.5 Å². The molecule has 0 rings (SSSR count). The van der Waals surface area contributed by atoms with Crippen LogP contribution in [0.5, 0.6) is 0 Å². The molecular weight excluding hydrogens is 187 g/mol. The zero-order valence-corrected chi connectivity index (χ0v) is 4.53. The summed E-state index contributed by atoms with van der Waals surface area (Å²) in [5.41, 5.74) is 0. The number of rotatable bonds is 0. The smallest absolute Gasteiger partial charge is 0.372 e. The molecule has 0 aromatic rings. The van der Waals surface area contributed by atoms with Crippen molar-refractivity contribution >= 4 is 0 Å². The monoisotopic (exact) mass is 186 g/mol. The fraction of sp³-hybridized carbons (Fsp3) is 0. The Hall–Kier alpha value is 0.854. The summed E-state index contributed by atoms with van der Waals surface area (Å²) in [5.74, 6) is 0. The quantitative estimate of drug-likeness (QED) is 0.413. The maximum Gasteiger partial charge on any atom is 0.433 e. The Morgan fingerprint density at radius 2 is 1.40 bits per heavy atom. The first-order valence-electron chi connectivity index (χ1n) is 0.478. The predicted molar refractivity (Wildman–Crippen MR) is 2.22 cm³/mol. The second-order valence-corrected chi connectivity index (χ2v) is 1.04. The first kappa shape index (κ1) is 9.29. The summed E-state index contributed by atoms with van der Waals surface area (Å²) in [6.45, 7) is 0. The van der Waals surface area contributed by atoms with Gasteiger partial charge in [0.05, 0.1) is 0 Å². The van der Waals surface area contributed by atoms with Gasteiger partial charge in [-0.25, -0.2) is 0 Å². The van der Waals surface area contributed by atoms with Crippen LogP contribution in [0, 0.1) is 14.8 Å². The SMILES string of the molecule is [Ni].[O-][Br+2]([O-])O. The third-order valence-electron chi connectivity index (χ3n) is 0. The van der Waals surface area contributed by atoms with E-state index < -0.39 is 14.8 Å². The van der Waals surface area contributed by atoms with Gasteiger partial charge in [0.25, 0.3) is 0 Å². The van der Waals surface area contributed by atoms with Crippen molar-refractivity contribution in [2.24, 2.45) is 0 Å². The minimum absolute atomic E-state index is 0. The summed E-state index contributed by atoms with van der Waals surface area (Å²) in [7, 11) is 0. The van der Waals surface area contributed by atoms with E-state index in [1.807, 2.05) is 0 Å². The van der Waals surface area contributed by atoms with Gasteiger partial charge >= 0.3 is 14.8 Å². The molecule has 0 heterocycles. The van der Waals surface area contributed by atoms with Gasteiger partial charge in [-0.1, -0.05) is 0 Å². The molecule has 0 fully saturated rings. The molecule has 0 radical (unpaired) electrons. The van der Waals surface area contributed by atoms with Gasteiger partial charge in [-0.2, -0.15) is 0 Å². The minimum Gasteiger partial charge on any atom is -0.372 e. The van der Waals surface area contributed by atoms with Crippen LogP contribution in [0.15, 0.2) is 0 Å². The fourth-order valence-electron chi connectivity index (χ4n) is 0. The Bertz CT molecular complexity index is 11.6. The van der Waals surface area contributed by atoms with Gasteiger partial charge < -0.3 is 8.40 Å². The van der Waals surface area contributed by atoms with Crippen LogP contribution >= 0.6 is 0 Å². The summed E-state index contributed by atoms with van der Waals surface area (Å²) in [6.07, 6.45) is 0. The van der Waals surface area contributed by atoms with E-state index in [2.05, 4.69) is 0 Å². The Kier molecular flexibility index (Phi) is 9.01. The molecule has 0 amide bonds. The van der Waals surface area contributed by atoms with Crippen LogP contribution in [0.2, 0.25) is 0 Å². The molecule has 5 heteroatoms. The molecule has 3 nitrogen and oxygen atoms in total. The van der Waals surface area contributed by atoms with Crippen LogP contribution < -0.4 is 8.40 Å². The summed E-state index contributed by atoms with van der Waals surface area (Å²) in [6, 6.07) is 0. The van der Waals surface area contributed by atoms with Gasteiger partial charge in [0, 0.05) is 16.5 Å². The van der Waals surface area contributed by atoms with E-state index in [1.54, 1.807) is 0 Å². The summed E-state index contributed by atoms with van der Waals surface area (Å²) >= 11 is -3.40. The molecule has 5 heavy (non-hydrogen) atoms. The number of hydrogen-bond acceptors (Lipinski definition) is 3. The molecule has 36 valence electrons. The molecule has 1 N–H and O–H groups in total. The zero-order valence-electron chi connectivity index (χ0n) is 1.96. The molecule has 0 saturated carbocycles. The first-order chi connectivity index (χ1) is 1.73. The van der Waals surface area contributed by atoms with Crippen LogP contribution in [-0.4, -0.2) is 4.20 Å². The average Bonchev–Trinajstić information content (AvgIpc) is 0.811. The van der Waals surface area contributed by atoms with E-state index in [0.717, 1.165) is 0 Å². The molecule has 0 aromatic heterocycles. The van der Waals surface area contributed by atoms with E-state index in [9.17, 15) is 0 Å². The van der Waals surface area contributed by atoms with Crippen molar-refractivity contribution in [2.45, 2.75) is 0 Å². The predicted octanol–water partition coefficient (Wildman–Crippen LogP) is -2.94. The number of hydrogen-bond donors (Lipinski definition) is 1. The summed E-state index contributed by atoms with van der Waals surface area (Å²) < 4.78 is 24.3. The molecule has 0 aromatic carbocycles. The molecule has 0 atom stereocenters. The van der Waals surface area contributed by atoms with Crippen molar-refractivity contribution in [1.29, 1.82) is 0 Å². The second kappa shape index (κ2) is 4.85. The molecule has 0 aliphatic rings. The maximum absolute atomic E-state index is 8.63. The topological polar surface area (TPSA) is 66.3 Å². The van der Waals surface area contributed by atoms with Gasteiger partial charge in [-0.05, 0) is 4.20 Å². The van der Waals surface area contributed by atoms with Crippen LogP contribution in [0.1, 0.15) is 0 Å². The Morgan fingerprint density at radius 1 is 1.40 bits per heavy atom. The largest absolute Gasteiger partial charge is 0.433 e. The molecule has 0 unspecified atom stereocenters. The Labute approximate surface area is 44.4 Å². The van der Waals surface area contributed by atoms with E-state index in [0.29, 0.717) is 0 Å². The third-order valence-corrected chi connectivity index (χ3v) is 0. The van der Waals surface area contributed by atoms with Crippen LogP contribution in [-0.2, 0) is 16.5 Å². The average molecular weight is 188 g/mol. The maximum atomic E-state index is 8.63. The van der Waals surface area contributed by atoms with Gasteiger partial charge in [0.1, 0.15) is 0 Å². The van der Waals surface area contributed by atoms with Gasteiger partial charge in [-0.15, -0.1) is 0 Å². The normalized spacial score (nSPS) is 7.20. The molecule has 0 saturated heterocycles. The van der Waals surface area contributed by atoms with Crippen molar-refractivity contribution in [3.05, 3.63) is 0 Å². The minimum atomic E-state index is -3.40. The van der Waals surface area contributed by atoms with Crippen molar-refractivity contribution < 1.29 is 43.9 Å². The molecule has 0 bridgehead atoms. The Morgan fingerprint density at radius 3 is 1.40 bits per heavy atom. The summed E-state index contributed by atoms with van der Waals surface area (Å²) in [5, 5.41) is 0. The van der Waals surface area contributed by atoms with Gasteiger partial charge in [0.15, 0.2) is 0 Å². The Balaban J connectivity index is 0. The molecular formula is HBrNiO3. The first-order valence-corrected chi connectivity index (χ1v) is 2.48. The van der Waals surface area contributed by atoms with E-state index in [4.69, 9.17) is 12.6 Å². The molecule has 0 aliphatic carbocycles. The van der Waals surface area contributed by atoms with Gasteiger partial charge in [0.2, 0.25) is 0 Å². The third kappa shape index (κ3) is 54.2. The summed E-state index contributed by atoms with van der Waals surface area (Å²) in [4.78, 5) is 0. The van der Waals surface area contributed by atoms with Crippen molar-refractivity contribution in [3.8, 4) is 0 Å². The molecule has 0 spiro atoms. The standard InChI is InChI=1S/BrHO3.Ni/c2-1(3)4;/h2H;. The van der Waals surface area contributed by atoms with Crippen molar-refractivity contribution in [1.82, 2.24) is 0 Å². The second-order valence-electron chi connectivity index (χ2n) is 0.201. The van der Waals surface area contributed by atoms with E-state index in [1.165, 1.54) is 0 Å².